The first kappa shape index (κ1) is 22.1. The quantitative estimate of drug-likeness (QED) is 0.258. The van der Waals surface area contributed by atoms with Crippen LogP contribution in [0.25, 0.3) is 6.08 Å². The van der Waals surface area contributed by atoms with Gasteiger partial charge in [0.1, 0.15) is 19.0 Å². The molecule has 0 atom stereocenters. The summed E-state index contributed by atoms with van der Waals surface area (Å²) in [6, 6.07) is 22.7. The van der Waals surface area contributed by atoms with Crippen molar-refractivity contribution >= 4 is 17.9 Å². The predicted octanol–water partition coefficient (Wildman–Crippen LogP) is 5.20. The van der Waals surface area contributed by atoms with Crippen LogP contribution in [0.5, 0.6) is 17.2 Å². The van der Waals surface area contributed by atoms with Gasteiger partial charge in [-0.05, 0) is 67.4 Å². The molecule has 3 aromatic rings. The molecule has 0 radical (unpaired) electrons. The Morgan fingerprint density at radius 3 is 2.48 bits per heavy atom. The van der Waals surface area contributed by atoms with E-state index in [-0.39, 0.29) is 5.70 Å². The number of nitrogens with zero attached hydrogens (tertiary/aromatic N) is 1. The maximum atomic E-state index is 12.3. The molecule has 3 aromatic carbocycles. The summed E-state index contributed by atoms with van der Waals surface area (Å²) in [5.74, 6) is 1.81. The second-order valence-corrected chi connectivity index (χ2v) is 7.35. The molecule has 0 bridgehead atoms. The minimum Gasteiger partial charge on any atom is -0.490 e. The molecule has 0 spiro atoms. The van der Waals surface area contributed by atoms with Gasteiger partial charge in [0.15, 0.2) is 17.2 Å². The normalized spacial score (nSPS) is 14.1. The smallest absolute Gasteiger partial charge is 0.363 e. The van der Waals surface area contributed by atoms with Gasteiger partial charge in [-0.3, -0.25) is 0 Å². The zero-order valence-electron chi connectivity index (χ0n) is 18.6. The van der Waals surface area contributed by atoms with Crippen LogP contribution in [0.4, 0.5) is 0 Å². The molecule has 1 aliphatic rings. The lowest BCUT2D eigenvalue weighted by molar-refractivity contribution is -0.129. The lowest BCUT2D eigenvalue weighted by Gasteiger charge is -2.13. The van der Waals surface area contributed by atoms with Crippen molar-refractivity contribution in [3.05, 3.63) is 95.2 Å². The molecule has 1 aliphatic heterocycles. The van der Waals surface area contributed by atoms with Crippen molar-refractivity contribution in [3.8, 4) is 17.2 Å². The molecule has 0 N–H and O–H groups in total. The molecule has 0 saturated carbocycles. The average Bonchev–Trinajstić information content (AvgIpc) is 3.19. The average molecular weight is 443 g/mol. The van der Waals surface area contributed by atoms with Gasteiger partial charge in [-0.25, -0.2) is 9.79 Å². The fourth-order valence-corrected chi connectivity index (χ4v) is 3.29. The Bertz CT molecular complexity index is 1180. The molecule has 0 amide bonds. The largest absolute Gasteiger partial charge is 0.490 e. The first-order valence-corrected chi connectivity index (χ1v) is 10.8. The van der Waals surface area contributed by atoms with Crippen molar-refractivity contribution in [2.24, 2.45) is 4.99 Å². The van der Waals surface area contributed by atoms with E-state index in [4.69, 9.17) is 18.9 Å². The SMILES string of the molecule is CCOc1cc(C=C2N=C(c3ccccc3)OC2=O)ccc1OCCOc1cccc(C)c1. The van der Waals surface area contributed by atoms with Crippen molar-refractivity contribution in [1.29, 1.82) is 0 Å². The van der Waals surface area contributed by atoms with Crippen LogP contribution in [-0.4, -0.2) is 31.7 Å². The third kappa shape index (κ3) is 5.80. The van der Waals surface area contributed by atoms with Gasteiger partial charge in [-0.1, -0.05) is 36.4 Å². The summed E-state index contributed by atoms with van der Waals surface area (Å²) in [6.07, 6.45) is 1.67. The number of carbonyl (C=O) groups is 1. The number of esters is 1. The minimum absolute atomic E-state index is 0.233. The van der Waals surface area contributed by atoms with E-state index in [0.29, 0.717) is 37.2 Å². The second-order valence-electron chi connectivity index (χ2n) is 7.35. The van der Waals surface area contributed by atoms with E-state index >= 15 is 0 Å². The summed E-state index contributed by atoms with van der Waals surface area (Å²) in [7, 11) is 0. The highest BCUT2D eigenvalue weighted by Gasteiger charge is 2.24. The number of carbonyl (C=O) groups excluding carboxylic acids is 1. The molecule has 0 aliphatic carbocycles. The standard InChI is InChI=1S/C27H25NO5/c1-3-30-25-18-20(17-23-27(29)33-26(28-23)21-9-5-4-6-10-21)12-13-24(25)32-15-14-31-22-11-7-8-19(2)16-22/h4-13,16-18H,3,14-15H2,1-2H3. The molecule has 6 nitrogen and oxygen atoms in total. The number of aliphatic imine (C=N–C) groups is 1. The highest BCUT2D eigenvalue weighted by Crippen LogP contribution is 2.30. The van der Waals surface area contributed by atoms with Gasteiger partial charge >= 0.3 is 5.97 Å². The van der Waals surface area contributed by atoms with Crippen molar-refractivity contribution < 1.29 is 23.7 Å². The number of rotatable bonds is 9. The van der Waals surface area contributed by atoms with E-state index in [9.17, 15) is 4.79 Å². The van der Waals surface area contributed by atoms with Gasteiger partial charge < -0.3 is 18.9 Å². The van der Waals surface area contributed by atoms with Crippen LogP contribution in [0.15, 0.2) is 83.5 Å². The van der Waals surface area contributed by atoms with Crippen molar-refractivity contribution in [2.45, 2.75) is 13.8 Å². The van der Waals surface area contributed by atoms with Crippen molar-refractivity contribution in [3.63, 3.8) is 0 Å². The Morgan fingerprint density at radius 2 is 1.70 bits per heavy atom. The Balaban J connectivity index is 1.44. The Kier molecular flexibility index (Phi) is 7.05. The second kappa shape index (κ2) is 10.5. The third-order valence-electron chi connectivity index (χ3n) is 4.81. The number of benzene rings is 3. The van der Waals surface area contributed by atoms with E-state index in [1.54, 1.807) is 6.08 Å². The molecule has 1 heterocycles. The molecule has 0 unspecified atom stereocenters. The van der Waals surface area contributed by atoms with Crippen LogP contribution < -0.4 is 14.2 Å². The third-order valence-corrected chi connectivity index (χ3v) is 4.81. The summed E-state index contributed by atoms with van der Waals surface area (Å²) < 4.78 is 22.7. The fraction of sp³-hybridized carbons (Fsp3) is 0.185. The van der Waals surface area contributed by atoms with Crippen molar-refractivity contribution in [1.82, 2.24) is 0 Å². The Labute approximate surface area is 193 Å². The number of aryl methyl sites for hydroxylation is 1. The Hall–Kier alpha value is -4.06. The van der Waals surface area contributed by atoms with Crippen molar-refractivity contribution in [2.75, 3.05) is 19.8 Å². The Morgan fingerprint density at radius 1 is 0.879 bits per heavy atom. The highest BCUT2D eigenvalue weighted by atomic mass is 16.6. The van der Waals surface area contributed by atoms with Gasteiger partial charge in [0, 0.05) is 5.56 Å². The number of hydrogen-bond acceptors (Lipinski definition) is 6. The van der Waals surface area contributed by atoms with Gasteiger partial charge in [0.2, 0.25) is 5.90 Å². The van der Waals surface area contributed by atoms with E-state index < -0.39 is 5.97 Å². The molecule has 0 aromatic heterocycles. The summed E-state index contributed by atoms with van der Waals surface area (Å²) in [4.78, 5) is 16.6. The number of ether oxygens (including phenoxy) is 4. The van der Waals surface area contributed by atoms with Crippen LogP contribution in [0.2, 0.25) is 0 Å². The molecule has 0 fully saturated rings. The lowest BCUT2D eigenvalue weighted by Crippen LogP contribution is -2.10. The summed E-state index contributed by atoms with van der Waals surface area (Å²) in [5, 5.41) is 0. The van der Waals surface area contributed by atoms with Gasteiger partial charge in [0.05, 0.1) is 6.61 Å². The van der Waals surface area contributed by atoms with Gasteiger partial charge in [-0.2, -0.15) is 0 Å². The molecule has 6 heteroatoms. The first-order chi connectivity index (χ1) is 16.1. The molecule has 168 valence electrons. The summed E-state index contributed by atoms with van der Waals surface area (Å²) in [6.45, 7) is 5.18. The molecule has 0 saturated heterocycles. The van der Waals surface area contributed by atoms with E-state index in [1.165, 1.54) is 0 Å². The maximum Gasteiger partial charge on any atom is 0.363 e. The van der Waals surface area contributed by atoms with Gasteiger partial charge in [-0.15, -0.1) is 0 Å². The molecular formula is C27H25NO5. The van der Waals surface area contributed by atoms with Crippen LogP contribution in [0.1, 0.15) is 23.6 Å². The first-order valence-electron chi connectivity index (χ1n) is 10.8. The zero-order chi connectivity index (χ0) is 23.0. The highest BCUT2D eigenvalue weighted by molar-refractivity contribution is 6.12. The van der Waals surface area contributed by atoms with Crippen LogP contribution in [-0.2, 0) is 9.53 Å². The lowest BCUT2D eigenvalue weighted by atomic mass is 10.1. The zero-order valence-corrected chi connectivity index (χ0v) is 18.6. The monoisotopic (exact) mass is 443 g/mol. The number of hydrogen-bond donors (Lipinski definition) is 0. The predicted molar refractivity (Wildman–Crippen MR) is 127 cm³/mol. The van der Waals surface area contributed by atoms with Gasteiger partial charge in [0.25, 0.3) is 0 Å². The molecule has 33 heavy (non-hydrogen) atoms. The van der Waals surface area contributed by atoms with Crippen LogP contribution >= 0.6 is 0 Å². The topological polar surface area (TPSA) is 66.4 Å². The molecule has 4 rings (SSSR count). The van der Waals surface area contributed by atoms with E-state index in [0.717, 1.165) is 22.4 Å². The maximum absolute atomic E-state index is 12.3. The fourth-order valence-electron chi connectivity index (χ4n) is 3.29. The van der Waals surface area contributed by atoms with E-state index in [2.05, 4.69) is 4.99 Å². The van der Waals surface area contributed by atoms with Crippen LogP contribution in [0.3, 0.4) is 0 Å². The van der Waals surface area contributed by atoms with Crippen LogP contribution in [0, 0.1) is 6.92 Å². The molecular weight excluding hydrogens is 418 g/mol. The summed E-state index contributed by atoms with van der Waals surface area (Å²) in [5.41, 5.74) is 2.88. The van der Waals surface area contributed by atoms with E-state index in [1.807, 2.05) is 86.6 Å². The number of cyclic esters (lactones) is 1. The minimum atomic E-state index is -0.486. The summed E-state index contributed by atoms with van der Waals surface area (Å²) >= 11 is 0.